The van der Waals surface area contributed by atoms with Crippen molar-refractivity contribution in [3.8, 4) is 5.69 Å². The molecule has 0 unspecified atom stereocenters. The zero-order valence-corrected chi connectivity index (χ0v) is 25.6. The number of hydrazone groups is 1. The molecule has 1 amide bonds. The Kier molecular flexibility index (Phi) is 6.94. The fraction of sp³-hybridized carbons (Fsp3) is 0.345. The average Bonchev–Trinajstić information content (AvgIpc) is 3.41. The van der Waals surface area contributed by atoms with Gasteiger partial charge < -0.3 is 4.23 Å². The third kappa shape index (κ3) is 5.55. The number of benzene rings is 2. The highest BCUT2D eigenvalue weighted by atomic mass is 28.3. The molecule has 0 bridgehead atoms. The normalized spacial score (nSPS) is 13.0. The molecule has 0 saturated carbocycles. The zero-order valence-electron chi connectivity index (χ0n) is 23.6. The van der Waals surface area contributed by atoms with E-state index in [4.69, 9.17) is 10.2 Å². The predicted octanol–water partition coefficient (Wildman–Crippen LogP) is 7.12. The third-order valence-corrected chi connectivity index (χ3v) is 9.71. The lowest BCUT2D eigenvalue weighted by Gasteiger charge is -2.29. The molecule has 0 aliphatic carbocycles. The Hall–Kier alpha value is -3.24. The Morgan fingerprint density at radius 1 is 0.946 bits per heavy atom. The Bertz CT molecular complexity index is 1450. The van der Waals surface area contributed by atoms with E-state index in [-0.39, 0.29) is 11.3 Å². The smallest absolute Gasteiger partial charge is 0.284 e. The first kappa shape index (κ1) is 26.8. The molecule has 0 saturated heterocycles. The average molecular weight is 530 g/mol. The lowest BCUT2D eigenvalue weighted by molar-refractivity contribution is 0.0846. The number of nitrogens with zero attached hydrogens (tertiary/aromatic N) is 5. The molecule has 0 fully saturated rings. The number of carbonyl (C=O) groups is 1. The van der Waals surface area contributed by atoms with Crippen molar-refractivity contribution in [3.05, 3.63) is 83.8 Å². The van der Waals surface area contributed by atoms with Crippen molar-refractivity contribution in [1.82, 2.24) is 18.7 Å². The van der Waals surface area contributed by atoms with Crippen LogP contribution in [-0.4, -0.2) is 47.3 Å². The second-order valence-corrected chi connectivity index (χ2v) is 22.2. The van der Waals surface area contributed by atoms with Gasteiger partial charge in [0.2, 0.25) is 0 Å². The number of amides is 1. The summed E-state index contributed by atoms with van der Waals surface area (Å²) in [5.74, 6) is -0.129. The molecule has 2 aromatic carbocycles. The van der Waals surface area contributed by atoms with Crippen LogP contribution in [0.3, 0.4) is 0 Å². The maximum absolute atomic E-state index is 14.2. The van der Waals surface area contributed by atoms with Crippen molar-refractivity contribution >= 4 is 39.5 Å². The highest BCUT2D eigenvalue weighted by Gasteiger charge is 2.33. The van der Waals surface area contributed by atoms with Gasteiger partial charge in [-0.05, 0) is 43.9 Å². The summed E-state index contributed by atoms with van der Waals surface area (Å²) in [4.78, 5) is 14.2. The lowest BCUT2D eigenvalue weighted by atomic mass is 9.92. The summed E-state index contributed by atoms with van der Waals surface area (Å²) in [6.45, 7) is 19.7. The van der Waals surface area contributed by atoms with Crippen molar-refractivity contribution in [2.45, 2.75) is 65.5 Å². The van der Waals surface area contributed by atoms with Gasteiger partial charge in [0.15, 0.2) is 16.5 Å². The Morgan fingerprint density at radius 2 is 1.57 bits per heavy atom. The highest BCUT2D eigenvalue weighted by Crippen LogP contribution is 2.27. The topological polar surface area (TPSA) is 55.4 Å². The molecule has 0 atom stereocenters. The third-order valence-electron chi connectivity index (χ3n) is 6.30. The number of rotatable bonds is 6. The van der Waals surface area contributed by atoms with Crippen LogP contribution in [0.2, 0.25) is 39.3 Å². The molecule has 2 aromatic heterocycles. The van der Waals surface area contributed by atoms with E-state index in [1.54, 1.807) is 9.36 Å². The molecule has 0 spiro atoms. The van der Waals surface area contributed by atoms with E-state index in [0.717, 1.165) is 22.3 Å². The maximum atomic E-state index is 14.2. The van der Waals surface area contributed by atoms with Crippen LogP contribution in [0.4, 0.5) is 0 Å². The van der Waals surface area contributed by atoms with E-state index in [1.807, 2.05) is 42.6 Å². The van der Waals surface area contributed by atoms with Gasteiger partial charge in [0.25, 0.3) is 5.91 Å². The van der Waals surface area contributed by atoms with Gasteiger partial charge in [-0.3, -0.25) is 9.47 Å². The largest absolute Gasteiger partial charge is 0.374 e. The molecule has 4 aromatic rings. The Labute approximate surface area is 222 Å². The molecule has 6 nitrogen and oxygen atoms in total. The van der Waals surface area contributed by atoms with Crippen LogP contribution in [-0.2, 0) is 5.41 Å². The lowest BCUT2D eigenvalue weighted by Crippen LogP contribution is -2.46. The molecule has 37 heavy (non-hydrogen) atoms. The van der Waals surface area contributed by atoms with Crippen LogP contribution in [0.25, 0.3) is 16.6 Å². The number of para-hydroxylation sites is 2. The van der Waals surface area contributed by atoms with E-state index >= 15 is 0 Å². The summed E-state index contributed by atoms with van der Waals surface area (Å²) >= 11 is 0. The maximum Gasteiger partial charge on any atom is 0.284 e. The van der Waals surface area contributed by atoms with Gasteiger partial charge in [-0.15, -0.1) is 0 Å². The minimum absolute atomic E-state index is 0.129. The summed E-state index contributed by atoms with van der Waals surface area (Å²) in [7, 11) is -3.83. The SMILES string of the molecule is CC(C)(C)c1cc(C(=O)N(/N=C/c2cn([Si](C)(C)C)c3ccccc23)[Si](C)(C)C)n(-c2ccccc2)n1. The number of aromatic nitrogens is 3. The van der Waals surface area contributed by atoms with Crippen LogP contribution < -0.4 is 0 Å². The number of hydrogen-bond donors (Lipinski definition) is 0. The number of fused-ring (bicyclic) bond motifs is 1. The van der Waals surface area contributed by atoms with Crippen molar-refractivity contribution in [2.75, 3.05) is 0 Å². The van der Waals surface area contributed by atoms with Crippen LogP contribution in [0.5, 0.6) is 0 Å². The van der Waals surface area contributed by atoms with E-state index in [0.29, 0.717) is 5.69 Å². The zero-order chi connectivity index (χ0) is 27.2. The van der Waals surface area contributed by atoms with Crippen LogP contribution in [0, 0.1) is 0 Å². The van der Waals surface area contributed by atoms with Gasteiger partial charge in [0.05, 0.1) is 17.6 Å². The summed E-state index contributed by atoms with van der Waals surface area (Å²) in [6.07, 6.45) is 4.06. The van der Waals surface area contributed by atoms with Crippen molar-refractivity contribution in [3.63, 3.8) is 0 Å². The Morgan fingerprint density at radius 3 is 2.16 bits per heavy atom. The van der Waals surface area contributed by atoms with Gasteiger partial charge in [-0.25, -0.2) is 4.68 Å². The first-order chi connectivity index (χ1) is 17.2. The molecule has 0 aliphatic heterocycles. The molecule has 0 radical (unpaired) electrons. The molecule has 194 valence electrons. The van der Waals surface area contributed by atoms with Crippen molar-refractivity contribution < 1.29 is 4.79 Å². The molecule has 4 rings (SSSR count). The van der Waals surface area contributed by atoms with Gasteiger partial charge in [0.1, 0.15) is 5.69 Å². The molecule has 0 N–H and O–H groups in total. The van der Waals surface area contributed by atoms with Gasteiger partial charge in [-0.2, -0.15) is 10.2 Å². The van der Waals surface area contributed by atoms with Crippen molar-refractivity contribution in [1.29, 1.82) is 0 Å². The summed E-state index contributed by atoms with van der Waals surface area (Å²) in [6, 6.07) is 20.2. The molecule has 2 heterocycles. The predicted molar refractivity (Wildman–Crippen MR) is 160 cm³/mol. The van der Waals surface area contributed by atoms with E-state index in [9.17, 15) is 4.79 Å². The quantitative estimate of drug-likeness (QED) is 0.152. The van der Waals surface area contributed by atoms with Crippen LogP contribution >= 0.6 is 0 Å². The fourth-order valence-electron chi connectivity index (χ4n) is 4.29. The minimum atomic E-state index is -2.20. The summed E-state index contributed by atoms with van der Waals surface area (Å²) in [5.41, 5.74) is 4.31. The Balaban J connectivity index is 1.81. The summed E-state index contributed by atoms with van der Waals surface area (Å²) < 4.78 is 5.89. The van der Waals surface area contributed by atoms with E-state index in [1.165, 1.54) is 5.52 Å². The number of hydrogen-bond acceptors (Lipinski definition) is 3. The molecular formula is C29H39N5OSi2. The van der Waals surface area contributed by atoms with Crippen molar-refractivity contribution in [2.24, 2.45) is 5.10 Å². The molecule has 8 heteroatoms. The van der Waals surface area contributed by atoms with Crippen LogP contribution in [0.15, 0.2) is 72.0 Å². The second-order valence-electron chi connectivity index (χ2n) is 12.6. The van der Waals surface area contributed by atoms with Gasteiger partial charge in [-0.1, -0.05) is 76.8 Å². The van der Waals surface area contributed by atoms with Gasteiger partial charge >= 0.3 is 0 Å². The van der Waals surface area contributed by atoms with E-state index in [2.05, 4.69) is 94.7 Å². The summed E-state index contributed by atoms with van der Waals surface area (Å²) in [5, 5.41) is 10.9. The standard InChI is InChI=1S/C29H39N5OSi2/c1-29(2,3)27-19-26(33(31-27)23-15-11-10-12-16-23)28(35)34(37(7,8)9)30-20-22-21-32(36(4,5)6)25-18-14-13-17-24(22)25/h10-21H,1-9H3/b30-20+. The monoisotopic (exact) mass is 529 g/mol. The van der Waals surface area contributed by atoms with Crippen LogP contribution in [0.1, 0.15) is 42.5 Å². The first-order valence-corrected chi connectivity index (χ1v) is 19.7. The minimum Gasteiger partial charge on any atom is -0.374 e. The molecular weight excluding hydrogens is 491 g/mol. The number of carbonyl (C=O) groups excluding carboxylic acids is 1. The fourth-order valence-corrected chi connectivity index (χ4v) is 6.86. The molecule has 0 aliphatic rings. The second kappa shape index (κ2) is 9.57. The highest BCUT2D eigenvalue weighted by molar-refractivity contribution is 6.76. The van der Waals surface area contributed by atoms with E-state index < -0.39 is 16.5 Å². The first-order valence-electron chi connectivity index (χ1n) is 12.8. The van der Waals surface area contributed by atoms with Gasteiger partial charge in [0, 0.05) is 28.1 Å².